The van der Waals surface area contributed by atoms with E-state index in [1.54, 1.807) is 11.8 Å². The summed E-state index contributed by atoms with van der Waals surface area (Å²) < 4.78 is 5.83. The summed E-state index contributed by atoms with van der Waals surface area (Å²) in [6, 6.07) is 16.2. The summed E-state index contributed by atoms with van der Waals surface area (Å²) in [5.41, 5.74) is 7.85. The SMILES string of the molecule is CSc1ccccc1OCCCc1cccc(N)c1. The zero-order valence-corrected chi connectivity index (χ0v) is 12.0. The lowest BCUT2D eigenvalue weighted by molar-refractivity contribution is 0.304. The molecular formula is C16H19NOS. The highest BCUT2D eigenvalue weighted by Crippen LogP contribution is 2.26. The van der Waals surface area contributed by atoms with Gasteiger partial charge in [-0.05, 0) is 48.9 Å². The molecule has 100 valence electrons. The summed E-state index contributed by atoms with van der Waals surface area (Å²) in [5.74, 6) is 0.975. The van der Waals surface area contributed by atoms with Crippen LogP contribution in [0.2, 0.25) is 0 Å². The largest absolute Gasteiger partial charge is 0.492 e. The number of thioether (sulfide) groups is 1. The Bertz CT molecular complexity index is 528. The van der Waals surface area contributed by atoms with Crippen LogP contribution in [0.3, 0.4) is 0 Å². The Labute approximate surface area is 119 Å². The van der Waals surface area contributed by atoms with Gasteiger partial charge in [-0.2, -0.15) is 0 Å². The first kappa shape index (κ1) is 13.8. The number of benzene rings is 2. The predicted molar refractivity (Wildman–Crippen MR) is 82.9 cm³/mol. The highest BCUT2D eigenvalue weighted by Gasteiger charge is 2.01. The van der Waals surface area contributed by atoms with Crippen LogP contribution in [0.5, 0.6) is 5.75 Å². The van der Waals surface area contributed by atoms with Crippen LogP contribution in [0.25, 0.3) is 0 Å². The molecule has 2 aromatic carbocycles. The summed E-state index contributed by atoms with van der Waals surface area (Å²) in [5, 5.41) is 0. The molecule has 0 spiro atoms. The molecule has 0 heterocycles. The molecule has 0 radical (unpaired) electrons. The van der Waals surface area contributed by atoms with E-state index in [1.165, 1.54) is 10.5 Å². The van der Waals surface area contributed by atoms with E-state index >= 15 is 0 Å². The van der Waals surface area contributed by atoms with Crippen molar-refractivity contribution in [3.63, 3.8) is 0 Å². The minimum Gasteiger partial charge on any atom is -0.492 e. The fourth-order valence-electron chi connectivity index (χ4n) is 1.95. The number of hydrogen-bond acceptors (Lipinski definition) is 3. The molecule has 0 saturated heterocycles. The Balaban J connectivity index is 1.81. The van der Waals surface area contributed by atoms with E-state index in [-0.39, 0.29) is 0 Å². The summed E-state index contributed by atoms with van der Waals surface area (Å²) in [7, 11) is 0. The molecular weight excluding hydrogens is 254 g/mol. The standard InChI is InChI=1S/C16H19NOS/c1-19-16-10-3-2-9-15(16)18-11-5-7-13-6-4-8-14(17)12-13/h2-4,6,8-10,12H,5,7,11,17H2,1H3. The van der Waals surface area contributed by atoms with Gasteiger partial charge in [0, 0.05) is 10.6 Å². The maximum atomic E-state index is 5.83. The van der Waals surface area contributed by atoms with Crippen LogP contribution in [0.1, 0.15) is 12.0 Å². The molecule has 0 atom stereocenters. The van der Waals surface area contributed by atoms with Gasteiger partial charge in [0.05, 0.1) is 6.61 Å². The number of nitrogens with two attached hydrogens (primary N) is 1. The highest BCUT2D eigenvalue weighted by molar-refractivity contribution is 7.98. The van der Waals surface area contributed by atoms with Crippen molar-refractivity contribution in [1.29, 1.82) is 0 Å². The van der Waals surface area contributed by atoms with Gasteiger partial charge in [0.1, 0.15) is 5.75 Å². The third-order valence-electron chi connectivity index (χ3n) is 2.89. The minimum absolute atomic E-state index is 0.729. The summed E-state index contributed by atoms with van der Waals surface area (Å²) in [6.45, 7) is 0.729. The lowest BCUT2D eigenvalue weighted by Gasteiger charge is -2.09. The second kappa shape index (κ2) is 7.10. The monoisotopic (exact) mass is 273 g/mol. The minimum atomic E-state index is 0.729. The Kier molecular flexibility index (Phi) is 5.16. The van der Waals surface area contributed by atoms with Crippen LogP contribution < -0.4 is 10.5 Å². The normalized spacial score (nSPS) is 10.4. The van der Waals surface area contributed by atoms with Crippen LogP contribution in [-0.2, 0) is 6.42 Å². The Morgan fingerprint density at radius 3 is 2.74 bits per heavy atom. The first-order chi connectivity index (χ1) is 9.29. The molecule has 0 saturated carbocycles. The number of ether oxygens (including phenoxy) is 1. The van der Waals surface area contributed by atoms with Gasteiger partial charge in [0.25, 0.3) is 0 Å². The molecule has 2 aromatic rings. The summed E-state index contributed by atoms with van der Waals surface area (Å²) in [4.78, 5) is 1.19. The maximum absolute atomic E-state index is 5.83. The molecule has 2 nitrogen and oxygen atoms in total. The van der Waals surface area contributed by atoms with Gasteiger partial charge in [-0.15, -0.1) is 11.8 Å². The summed E-state index contributed by atoms with van der Waals surface area (Å²) >= 11 is 1.71. The first-order valence-electron chi connectivity index (χ1n) is 6.40. The lowest BCUT2D eigenvalue weighted by Crippen LogP contribution is -2.00. The van der Waals surface area contributed by atoms with Gasteiger partial charge >= 0.3 is 0 Å². The molecule has 0 aliphatic carbocycles. The van der Waals surface area contributed by atoms with E-state index in [2.05, 4.69) is 18.4 Å². The second-order valence-electron chi connectivity index (χ2n) is 4.35. The molecule has 0 fully saturated rings. The fourth-order valence-corrected chi connectivity index (χ4v) is 2.49. The van der Waals surface area contributed by atoms with Crippen molar-refractivity contribution in [2.45, 2.75) is 17.7 Å². The molecule has 3 heteroatoms. The molecule has 19 heavy (non-hydrogen) atoms. The van der Waals surface area contributed by atoms with E-state index < -0.39 is 0 Å². The average molecular weight is 273 g/mol. The van der Waals surface area contributed by atoms with Crippen molar-refractivity contribution < 1.29 is 4.74 Å². The van der Waals surface area contributed by atoms with Crippen LogP contribution in [0, 0.1) is 0 Å². The van der Waals surface area contributed by atoms with Crippen molar-refractivity contribution in [3.8, 4) is 5.75 Å². The topological polar surface area (TPSA) is 35.2 Å². The van der Waals surface area contributed by atoms with Crippen molar-refractivity contribution in [3.05, 3.63) is 54.1 Å². The van der Waals surface area contributed by atoms with Crippen molar-refractivity contribution in [2.75, 3.05) is 18.6 Å². The molecule has 2 rings (SSSR count). The quantitative estimate of drug-likeness (QED) is 0.491. The molecule has 0 amide bonds. The molecule has 2 N–H and O–H groups in total. The molecule has 0 unspecified atom stereocenters. The molecule has 0 bridgehead atoms. The maximum Gasteiger partial charge on any atom is 0.132 e. The first-order valence-corrected chi connectivity index (χ1v) is 7.62. The van der Waals surface area contributed by atoms with Gasteiger partial charge in [0.15, 0.2) is 0 Å². The average Bonchev–Trinajstić information content (AvgIpc) is 2.44. The smallest absolute Gasteiger partial charge is 0.132 e. The Morgan fingerprint density at radius 1 is 1.11 bits per heavy atom. The number of para-hydroxylation sites is 1. The third kappa shape index (κ3) is 4.21. The lowest BCUT2D eigenvalue weighted by atomic mass is 10.1. The van der Waals surface area contributed by atoms with Gasteiger partial charge in [0.2, 0.25) is 0 Å². The second-order valence-corrected chi connectivity index (χ2v) is 5.20. The highest BCUT2D eigenvalue weighted by atomic mass is 32.2. The van der Waals surface area contributed by atoms with Crippen molar-refractivity contribution in [2.24, 2.45) is 0 Å². The van der Waals surface area contributed by atoms with E-state index in [0.29, 0.717) is 0 Å². The number of anilines is 1. The Morgan fingerprint density at radius 2 is 1.95 bits per heavy atom. The van der Waals surface area contributed by atoms with E-state index in [1.807, 2.05) is 36.4 Å². The summed E-state index contributed by atoms with van der Waals surface area (Å²) in [6.07, 6.45) is 4.05. The number of rotatable bonds is 6. The molecule has 0 aromatic heterocycles. The predicted octanol–water partition coefficient (Wildman–Crippen LogP) is 4.00. The van der Waals surface area contributed by atoms with E-state index in [9.17, 15) is 0 Å². The van der Waals surface area contributed by atoms with E-state index in [4.69, 9.17) is 10.5 Å². The van der Waals surface area contributed by atoms with Gasteiger partial charge in [-0.3, -0.25) is 0 Å². The zero-order chi connectivity index (χ0) is 13.5. The van der Waals surface area contributed by atoms with Crippen LogP contribution in [0.4, 0.5) is 5.69 Å². The number of hydrogen-bond donors (Lipinski definition) is 1. The number of nitrogen functional groups attached to an aromatic ring is 1. The molecule has 0 aliphatic heterocycles. The van der Waals surface area contributed by atoms with Crippen LogP contribution in [0.15, 0.2) is 53.4 Å². The van der Waals surface area contributed by atoms with Gasteiger partial charge in [-0.25, -0.2) is 0 Å². The third-order valence-corrected chi connectivity index (χ3v) is 3.66. The Hall–Kier alpha value is -1.61. The molecule has 0 aliphatic rings. The zero-order valence-electron chi connectivity index (χ0n) is 11.1. The van der Waals surface area contributed by atoms with Gasteiger partial charge in [-0.1, -0.05) is 24.3 Å². The van der Waals surface area contributed by atoms with Crippen LogP contribution >= 0.6 is 11.8 Å². The number of aryl methyl sites for hydroxylation is 1. The van der Waals surface area contributed by atoms with Crippen molar-refractivity contribution >= 4 is 17.4 Å². The van der Waals surface area contributed by atoms with Crippen LogP contribution in [-0.4, -0.2) is 12.9 Å². The van der Waals surface area contributed by atoms with E-state index in [0.717, 1.165) is 30.9 Å². The van der Waals surface area contributed by atoms with Gasteiger partial charge < -0.3 is 10.5 Å². The van der Waals surface area contributed by atoms with Crippen molar-refractivity contribution in [1.82, 2.24) is 0 Å². The fraction of sp³-hybridized carbons (Fsp3) is 0.250.